The number of methoxy groups -OCH3 is 1. The minimum absolute atomic E-state index is 0.0712. The van der Waals surface area contributed by atoms with Crippen LogP contribution >= 0.6 is 15.9 Å². The smallest absolute Gasteiger partial charge is 0.276 e. The van der Waals surface area contributed by atoms with E-state index in [1.165, 1.54) is 25.3 Å². The molecule has 2 N–H and O–H groups in total. The van der Waals surface area contributed by atoms with Crippen molar-refractivity contribution in [2.75, 3.05) is 20.3 Å². The number of carbonyl (C=O) groups is 2. The highest BCUT2D eigenvalue weighted by Crippen LogP contribution is 2.28. The molecule has 0 fully saturated rings. The summed E-state index contributed by atoms with van der Waals surface area (Å²) in [6.07, 6.45) is 1.91. The molecule has 2 aromatic rings. The van der Waals surface area contributed by atoms with E-state index in [1.807, 2.05) is 0 Å². The van der Waals surface area contributed by atoms with Gasteiger partial charge < -0.3 is 14.2 Å². The van der Waals surface area contributed by atoms with Gasteiger partial charge >= 0.3 is 0 Å². The van der Waals surface area contributed by atoms with E-state index in [-0.39, 0.29) is 11.3 Å². The van der Waals surface area contributed by atoms with E-state index in [4.69, 9.17) is 14.2 Å². The van der Waals surface area contributed by atoms with Crippen molar-refractivity contribution >= 4 is 27.7 Å². The highest BCUT2D eigenvalue weighted by atomic mass is 79.9. The standard InChI is InChI=1S/C20H22BrFN2O5/c1-3-4-9-28-17-7-5-13(10-18(17)27-2)20(26)24-23-19(25)12-29-16-8-6-14(21)11-15(16)22/h5-8,10-11H,3-4,9,12H2,1-2H3,(H,23,25)(H,24,26). The van der Waals surface area contributed by atoms with Crippen molar-refractivity contribution in [3.63, 3.8) is 0 Å². The van der Waals surface area contributed by atoms with E-state index < -0.39 is 24.2 Å². The molecule has 9 heteroatoms. The van der Waals surface area contributed by atoms with Crippen molar-refractivity contribution in [2.45, 2.75) is 19.8 Å². The summed E-state index contributed by atoms with van der Waals surface area (Å²) in [6, 6.07) is 8.89. The maximum absolute atomic E-state index is 13.7. The van der Waals surface area contributed by atoms with Gasteiger partial charge in [-0.25, -0.2) is 4.39 Å². The first-order valence-electron chi connectivity index (χ1n) is 8.92. The molecule has 2 amide bonds. The largest absolute Gasteiger partial charge is 0.493 e. The summed E-state index contributed by atoms with van der Waals surface area (Å²) in [6.45, 7) is 2.14. The van der Waals surface area contributed by atoms with Gasteiger partial charge in [0.25, 0.3) is 11.8 Å². The summed E-state index contributed by atoms with van der Waals surface area (Å²) in [5.74, 6) is -0.929. The van der Waals surface area contributed by atoms with Crippen LogP contribution in [0.2, 0.25) is 0 Å². The van der Waals surface area contributed by atoms with Gasteiger partial charge in [0.2, 0.25) is 0 Å². The van der Waals surface area contributed by atoms with Crippen molar-refractivity contribution < 1.29 is 28.2 Å². The first-order valence-corrected chi connectivity index (χ1v) is 9.71. The van der Waals surface area contributed by atoms with Gasteiger partial charge in [-0.15, -0.1) is 0 Å². The van der Waals surface area contributed by atoms with E-state index in [9.17, 15) is 14.0 Å². The zero-order valence-corrected chi connectivity index (χ0v) is 17.7. The summed E-state index contributed by atoms with van der Waals surface area (Å²) in [5.41, 5.74) is 4.74. The van der Waals surface area contributed by atoms with Gasteiger partial charge in [-0.05, 0) is 42.8 Å². The second-order valence-electron chi connectivity index (χ2n) is 5.93. The summed E-state index contributed by atoms with van der Waals surface area (Å²) < 4.78 is 30.2. The SMILES string of the molecule is CCCCOc1ccc(C(=O)NNC(=O)COc2ccc(Br)cc2F)cc1OC. The maximum atomic E-state index is 13.7. The highest BCUT2D eigenvalue weighted by molar-refractivity contribution is 9.10. The molecule has 7 nitrogen and oxygen atoms in total. The van der Waals surface area contributed by atoms with Crippen LogP contribution in [0.3, 0.4) is 0 Å². The van der Waals surface area contributed by atoms with Crippen molar-refractivity contribution in [2.24, 2.45) is 0 Å². The molecule has 0 bridgehead atoms. The predicted octanol–water partition coefficient (Wildman–Crippen LogP) is 3.62. The molecule has 0 aliphatic carbocycles. The average Bonchev–Trinajstić information content (AvgIpc) is 2.71. The number of halogens is 2. The summed E-state index contributed by atoms with van der Waals surface area (Å²) in [7, 11) is 1.48. The average molecular weight is 469 g/mol. The fraction of sp³-hybridized carbons (Fsp3) is 0.300. The van der Waals surface area contributed by atoms with Crippen molar-refractivity contribution in [1.29, 1.82) is 0 Å². The van der Waals surface area contributed by atoms with E-state index in [2.05, 4.69) is 33.7 Å². The third-order valence-corrected chi connectivity index (χ3v) is 4.24. The number of rotatable bonds is 9. The zero-order valence-electron chi connectivity index (χ0n) is 16.1. The number of nitrogens with one attached hydrogen (secondary N) is 2. The van der Waals surface area contributed by atoms with Gasteiger partial charge in [0.05, 0.1) is 13.7 Å². The Labute approximate surface area is 176 Å². The molecule has 2 rings (SSSR count). The minimum Gasteiger partial charge on any atom is -0.493 e. The quantitative estimate of drug-likeness (QED) is 0.433. The molecule has 0 aliphatic heterocycles. The van der Waals surface area contributed by atoms with Gasteiger partial charge in [0, 0.05) is 10.0 Å². The molecule has 2 aromatic carbocycles. The normalized spacial score (nSPS) is 10.2. The molecule has 0 heterocycles. The maximum Gasteiger partial charge on any atom is 0.276 e. The zero-order chi connectivity index (χ0) is 21.2. The van der Waals surface area contributed by atoms with Crippen molar-refractivity contribution in [1.82, 2.24) is 10.9 Å². The molecular weight excluding hydrogens is 447 g/mol. The molecule has 0 saturated carbocycles. The minimum atomic E-state index is -0.646. The lowest BCUT2D eigenvalue weighted by Crippen LogP contribution is -2.43. The second-order valence-corrected chi connectivity index (χ2v) is 6.85. The third-order valence-electron chi connectivity index (χ3n) is 3.75. The molecule has 0 atom stereocenters. The van der Waals surface area contributed by atoms with Crippen LogP contribution in [0.5, 0.6) is 17.2 Å². The Kier molecular flexibility index (Phi) is 8.72. The van der Waals surface area contributed by atoms with Crippen LogP contribution in [0.25, 0.3) is 0 Å². The Morgan fingerprint density at radius 1 is 1.03 bits per heavy atom. The Morgan fingerprint density at radius 3 is 2.48 bits per heavy atom. The lowest BCUT2D eigenvalue weighted by Gasteiger charge is -2.13. The van der Waals surface area contributed by atoms with E-state index in [0.717, 1.165) is 12.8 Å². The monoisotopic (exact) mass is 468 g/mol. The Hall–Kier alpha value is -2.81. The third kappa shape index (κ3) is 6.94. The molecule has 0 radical (unpaired) electrons. The summed E-state index contributed by atoms with van der Waals surface area (Å²) in [5, 5.41) is 0. The predicted molar refractivity (Wildman–Crippen MR) is 109 cm³/mol. The fourth-order valence-corrected chi connectivity index (χ4v) is 2.56. The van der Waals surface area contributed by atoms with Crippen LogP contribution < -0.4 is 25.1 Å². The Bertz CT molecular complexity index is 863. The number of hydrazine groups is 1. The molecule has 0 aromatic heterocycles. The molecule has 29 heavy (non-hydrogen) atoms. The van der Waals surface area contributed by atoms with E-state index in [1.54, 1.807) is 18.2 Å². The van der Waals surface area contributed by atoms with Crippen molar-refractivity contribution in [3.8, 4) is 17.2 Å². The first kappa shape index (κ1) is 22.5. The van der Waals surface area contributed by atoms with Crippen molar-refractivity contribution in [3.05, 3.63) is 52.3 Å². The first-order chi connectivity index (χ1) is 13.9. The van der Waals surface area contributed by atoms with E-state index >= 15 is 0 Å². The molecule has 156 valence electrons. The van der Waals surface area contributed by atoms with E-state index in [0.29, 0.717) is 22.6 Å². The number of carbonyl (C=O) groups excluding carboxylic acids is 2. The summed E-state index contributed by atoms with van der Waals surface area (Å²) in [4.78, 5) is 24.1. The van der Waals surface area contributed by atoms with Gasteiger partial charge in [-0.2, -0.15) is 0 Å². The Morgan fingerprint density at radius 2 is 1.79 bits per heavy atom. The molecule has 0 aliphatic rings. The number of amides is 2. The second kappa shape index (κ2) is 11.3. The topological polar surface area (TPSA) is 85.9 Å². The van der Waals surface area contributed by atoms with Gasteiger partial charge in [-0.3, -0.25) is 20.4 Å². The number of hydrogen-bond donors (Lipinski definition) is 2. The number of benzene rings is 2. The Balaban J connectivity index is 1.86. The van der Waals surface area contributed by atoms with Crippen LogP contribution in [0, 0.1) is 5.82 Å². The van der Waals surface area contributed by atoms with Crippen LogP contribution in [-0.4, -0.2) is 32.1 Å². The van der Waals surface area contributed by atoms with Crippen LogP contribution in [0.4, 0.5) is 4.39 Å². The van der Waals surface area contributed by atoms with Gasteiger partial charge in [0.1, 0.15) is 0 Å². The van der Waals surface area contributed by atoms with Crippen LogP contribution in [0.15, 0.2) is 40.9 Å². The van der Waals surface area contributed by atoms with Gasteiger partial charge in [-0.1, -0.05) is 29.3 Å². The lowest BCUT2D eigenvalue weighted by atomic mass is 10.2. The number of hydrogen-bond acceptors (Lipinski definition) is 5. The highest BCUT2D eigenvalue weighted by Gasteiger charge is 2.13. The molecular formula is C20H22BrFN2O5. The number of unbranched alkanes of at least 4 members (excludes halogenated alkanes) is 1. The van der Waals surface area contributed by atoms with Crippen LogP contribution in [0.1, 0.15) is 30.1 Å². The molecule has 0 saturated heterocycles. The van der Waals surface area contributed by atoms with Gasteiger partial charge in [0.15, 0.2) is 29.7 Å². The fourth-order valence-electron chi connectivity index (χ4n) is 2.22. The molecule has 0 spiro atoms. The van der Waals surface area contributed by atoms with Crippen LogP contribution in [-0.2, 0) is 4.79 Å². The molecule has 0 unspecified atom stereocenters. The lowest BCUT2D eigenvalue weighted by molar-refractivity contribution is -0.123. The number of ether oxygens (including phenoxy) is 3. The summed E-state index contributed by atoms with van der Waals surface area (Å²) >= 11 is 3.13.